The summed E-state index contributed by atoms with van der Waals surface area (Å²) in [6, 6.07) is -1.23. The van der Waals surface area contributed by atoms with E-state index < -0.39 is 28.7 Å². The average Bonchev–Trinajstić information content (AvgIpc) is 3.47. The molecule has 3 unspecified atom stereocenters. The molecule has 0 radical (unpaired) electrons. The van der Waals surface area contributed by atoms with Crippen molar-refractivity contribution in [2.24, 2.45) is 17.8 Å². The molecule has 0 aliphatic carbocycles. The second-order valence-corrected chi connectivity index (χ2v) is 14.0. The van der Waals surface area contributed by atoms with E-state index in [0.717, 1.165) is 25.7 Å². The van der Waals surface area contributed by atoms with Crippen LogP contribution in [0.2, 0.25) is 0 Å². The molecular formula is C29H46BrN3O4S. The summed E-state index contributed by atoms with van der Waals surface area (Å²) in [4.78, 5) is 48.2. The zero-order chi connectivity index (χ0) is 28.2. The first kappa shape index (κ1) is 31.2. The van der Waals surface area contributed by atoms with Gasteiger partial charge < -0.3 is 19.8 Å². The average molecular weight is 613 g/mol. The molecule has 2 bridgehead atoms. The highest BCUT2D eigenvalue weighted by Gasteiger charge is 2.76. The molecule has 0 aromatic rings. The van der Waals surface area contributed by atoms with E-state index in [9.17, 15) is 19.5 Å². The van der Waals surface area contributed by atoms with Gasteiger partial charge >= 0.3 is 0 Å². The van der Waals surface area contributed by atoms with Crippen LogP contribution in [0.4, 0.5) is 0 Å². The normalized spacial score (nSPS) is 30.4. The predicted molar refractivity (Wildman–Crippen MR) is 158 cm³/mol. The summed E-state index contributed by atoms with van der Waals surface area (Å²) in [5.41, 5.74) is 0. The topological polar surface area (TPSA) is 81.2 Å². The fourth-order valence-electron chi connectivity index (χ4n) is 6.71. The Bertz CT molecular complexity index is 901. The lowest BCUT2D eigenvalue weighted by molar-refractivity contribution is -0.148. The fraction of sp³-hybridized carbons (Fsp3) is 0.759. The van der Waals surface area contributed by atoms with E-state index in [1.54, 1.807) is 33.7 Å². The van der Waals surface area contributed by atoms with Crippen molar-refractivity contribution in [3.63, 3.8) is 0 Å². The number of carbonyl (C=O) groups is 3. The third-order valence-corrected chi connectivity index (χ3v) is 11.6. The Kier molecular flexibility index (Phi) is 11.0. The van der Waals surface area contributed by atoms with E-state index in [1.165, 1.54) is 0 Å². The standard InChI is InChI=1S/C29H46BrN3O4S/c1-7-11-12-16-32(15-10-4)28(37)25-29-17-20(30)24(38-29)22(26(35)31(13-8-2)14-9-3)23(29)27(36)33(25)21(18-34)19(5)6/h8,10,19-25,34H,2,4,7,9,11-18H2,1,3,5-6H3/t20?,21-,22-,23-,24-,25?,29?/m0/s1. The summed E-state index contributed by atoms with van der Waals surface area (Å²) in [5, 5.41) is 10.4. The van der Waals surface area contributed by atoms with Crippen LogP contribution >= 0.6 is 27.7 Å². The number of likely N-dealkylation sites (tertiary alicyclic amines) is 1. The molecule has 38 heavy (non-hydrogen) atoms. The zero-order valence-corrected chi connectivity index (χ0v) is 25.9. The first-order valence-corrected chi connectivity index (χ1v) is 16.0. The lowest BCUT2D eigenvalue weighted by Gasteiger charge is -2.41. The minimum atomic E-state index is -0.729. The summed E-state index contributed by atoms with van der Waals surface area (Å²) in [5.74, 6) is -1.43. The Morgan fingerprint density at radius 3 is 2.29 bits per heavy atom. The number of halogens is 1. The molecule has 0 saturated carbocycles. The van der Waals surface area contributed by atoms with Crippen molar-refractivity contribution in [1.29, 1.82) is 0 Å². The van der Waals surface area contributed by atoms with Crippen molar-refractivity contribution in [1.82, 2.24) is 14.7 Å². The number of rotatable bonds is 15. The van der Waals surface area contributed by atoms with Crippen molar-refractivity contribution in [2.75, 3.05) is 32.8 Å². The van der Waals surface area contributed by atoms with E-state index in [0.29, 0.717) is 32.6 Å². The number of alkyl halides is 1. The van der Waals surface area contributed by atoms with Crippen molar-refractivity contribution in [2.45, 2.75) is 86.7 Å². The molecule has 214 valence electrons. The van der Waals surface area contributed by atoms with Gasteiger partial charge in [0.25, 0.3) is 0 Å². The molecule has 0 aromatic heterocycles. The van der Waals surface area contributed by atoms with Crippen LogP contribution in [-0.4, -0.2) is 97.2 Å². The van der Waals surface area contributed by atoms with Gasteiger partial charge in [-0.05, 0) is 25.2 Å². The van der Waals surface area contributed by atoms with E-state index in [1.807, 2.05) is 25.7 Å². The van der Waals surface area contributed by atoms with Gasteiger partial charge in [0.1, 0.15) is 6.04 Å². The number of nitrogens with zero attached hydrogens (tertiary/aromatic N) is 3. The lowest BCUT2D eigenvalue weighted by atomic mass is 9.70. The fourth-order valence-corrected chi connectivity index (χ4v) is 10.3. The molecule has 3 aliphatic rings. The maximum atomic E-state index is 14.4. The van der Waals surface area contributed by atoms with Gasteiger partial charge in [0.05, 0.1) is 29.2 Å². The predicted octanol–water partition coefficient (Wildman–Crippen LogP) is 4.10. The van der Waals surface area contributed by atoms with Gasteiger partial charge in [-0.1, -0.05) is 68.6 Å². The summed E-state index contributed by atoms with van der Waals surface area (Å²) < 4.78 is -0.716. The molecule has 9 heteroatoms. The van der Waals surface area contributed by atoms with Crippen molar-refractivity contribution < 1.29 is 19.5 Å². The van der Waals surface area contributed by atoms with E-state index in [-0.39, 0.29) is 40.3 Å². The number of hydrogen-bond donors (Lipinski definition) is 1. The second kappa shape index (κ2) is 13.4. The maximum absolute atomic E-state index is 14.4. The molecule has 3 amide bonds. The number of aliphatic hydroxyl groups is 1. The van der Waals surface area contributed by atoms with Gasteiger partial charge in [0.15, 0.2) is 0 Å². The van der Waals surface area contributed by atoms with Crippen LogP contribution < -0.4 is 0 Å². The van der Waals surface area contributed by atoms with Crippen LogP contribution in [0, 0.1) is 17.8 Å². The maximum Gasteiger partial charge on any atom is 0.247 e. The molecule has 3 aliphatic heterocycles. The molecular weight excluding hydrogens is 566 g/mol. The highest BCUT2D eigenvalue weighted by atomic mass is 79.9. The Hall–Kier alpha value is -1.32. The number of unbranched alkanes of at least 4 members (excludes halogenated alkanes) is 2. The molecule has 7 atom stereocenters. The van der Waals surface area contributed by atoms with E-state index in [4.69, 9.17) is 0 Å². The van der Waals surface area contributed by atoms with E-state index >= 15 is 0 Å². The smallest absolute Gasteiger partial charge is 0.247 e. The van der Waals surface area contributed by atoms with Gasteiger partial charge in [0, 0.05) is 36.3 Å². The van der Waals surface area contributed by atoms with Crippen LogP contribution in [0.1, 0.15) is 59.8 Å². The number of carbonyl (C=O) groups excluding carboxylic acids is 3. The molecule has 1 N–H and O–H groups in total. The molecule has 3 saturated heterocycles. The number of aliphatic hydroxyl groups excluding tert-OH is 1. The van der Waals surface area contributed by atoms with Crippen LogP contribution in [0.15, 0.2) is 25.3 Å². The summed E-state index contributed by atoms with van der Waals surface area (Å²) in [7, 11) is 0. The zero-order valence-electron chi connectivity index (χ0n) is 23.5. The second-order valence-electron chi connectivity index (χ2n) is 11.3. The van der Waals surface area contributed by atoms with Gasteiger partial charge in [-0.15, -0.1) is 24.9 Å². The summed E-state index contributed by atoms with van der Waals surface area (Å²) >= 11 is 5.51. The molecule has 7 nitrogen and oxygen atoms in total. The monoisotopic (exact) mass is 611 g/mol. The Morgan fingerprint density at radius 1 is 1.13 bits per heavy atom. The van der Waals surface area contributed by atoms with Crippen molar-refractivity contribution in [3.8, 4) is 0 Å². The van der Waals surface area contributed by atoms with Crippen molar-refractivity contribution in [3.05, 3.63) is 25.3 Å². The highest BCUT2D eigenvalue weighted by molar-refractivity contribution is 9.09. The molecule has 0 aromatic carbocycles. The van der Waals surface area contributed by atoms with Gasteiger partial charge in [-0.25, -0.2) is 0 Å². The third-order valence-electron chi connectivity index (χ3n) is 8.41. The minimum Gasteiger partial charge on any atom is -0.394 e. The van der Waals surface area contributed by atoms with Crippen LogP contribution in [0.25, 0.3) is 0 Å². The first-order valence-electron chi connectivity index (χ1n) is 14.2. The van der Waals surface area contributed by atoms with Gasteiger partial charge in [-0.3, -0.25) is 14.4 Å². The van der Waals surface area contributed by atoms with Crippen LogP contribution in [-0.2, 0) is 14.4 Å². The molecule has 1 spiro atoms. The summed E-state index contributed by atoms with van der Waals surface area (Å²) in [6.07, 6.45) is 7.86. The quantitative estimate of drug-likeness (QED) is 0.171. The molecule has 3 heterocycles. The number of amides is 3. The Balaban J connectivity index is 2.11. The molecule has 3 rings (SSSR count). The third kappa shape index (κ3) is 5.49. The van der Waals surface area contributed by atoms with Gasteiger partial charge in [0.2, 0.25) is 17.7 Å². The number of hydrogen-bond acceptors (Lipinski definition) is 5. The highest BCUT2D eigenvalue weighted by Crippen LogP contribution is 2.68. The van der Waals surface area contributed by atoms with E-state index in [2.05, 4.69) is 36.0 Å². The lowest BCUT2D eigenvalue weighted by Crippen LogP contribution is -2.58. The SMILES string of the molecule is C=CCN(CCCCC)C(=O)C1N([C@@H](CO)C(C)C)C(=O)[C@@H]2[C@H](C(=O)N(CC=C)CCC)[C@H]3SC12CC3Br. The number of thioether (sulfide) groups is 1. The Labute approximate surface area is 241 Å². The minimum absolute atomic E-state index is 0.0209. The number of fused-ring (bicyclic) bond motifs is 1. The van der Waals surface area contributed by atoms with Crippen molar-refractivity contribution >= 4 is 45.4 Å². The van der Waals surface area contributed by atoms with Gasteiger partial charge in [-0.2, -0.15) is 0 Å². The molecule has 3 fully saturated rings. The van der Waals surface area contributed by atoms with Crippen LogP contribution in [0.3, 0.4) is 0 Å². The Morgan fingerprint density at radius 2 is 1.76 bits per heavy atom. The first-order chi connectivity index (χ1) is 18.1. The van der Waals surface area contributed by atoms with Crippen LogP contribution in [0.5, 0.6) is 0 Å². The summed E-state index contributed by atoms with van der Waals surface area (Å²) in [6.45, 7) is 17.6. The largest absolute Gasteiger partial charge is 0.394 e.